The lowest BCUT2D eigenvalue weighted by molar-refractivity contribution is -0.121. The predicted molar refractivity (Wildman–Crippen MR) is 104 cm³/mol. The van der Waals surface area contributed by atoms with Crippen LogP contribution in [0, 0.1) is 0 Å². The number of amides is 3. The summed E-state index contributed by atoms with van der Waals surface area (Å²) in [6, 6.07) is 27.5. The van der Waals surface area contributed by atoms with Gasteiger partial charge in [0.1, 0.15) is 0 Å². The largest absolute Gasteiger partial charge is 0.341 e. The van der Waals surface area contributed by atoms with Gasteiger partial charge in [0, 0.05) is 5.69 Å². The van der Waals surface area contributed by atoms with Crippen molar-refractivity contribution >= 4 is 17.6 Å². The second-order valence-electron chi connectivity index (χ2n) is 6.39. The molecule has 0 aliphatic carbocycles. The standard InChI is InChI=1S/C22H19N3O2/c26-21-19(16-10-4-1-5-11-16)20(17-12-6-2-7-13-17)25(24-21)22(27)23-18-14-8-3-9-15-18/h1-15,19-20H,(H,23,27)(H,24,26)/t19-,20-/m0/s1. The highest BCUT2D eigenvalue weighted by Crippen LogP contribution is 2.39. The summed E-state index contributed by atoms with van der Waals surface area (Å²) in [6.45, 7) is 0. The van der Waals surface area contributed by atoms with E-state index in [2.05, 4.69) is 10.7 Å². The van der Waals surface area contributed by atoms with E-state index in [1.54, 1.807) is 0 Å². The molecule has 2 N–H and O–H groups in total. The van der Waals surface area contributed by atoms with Crippen molar-refractivity contribution in [2.24, 2.45) is 0 Å². The van der Waals surface area contributed by atoms with Crippen LogP contribution >= 0.6 is 0 Å². The van der Waals surface area contributed by atoms with Gasteiger partial charge in [-0.2, -0.15) is 0 Å². The molecule has 0 aromatic heterocycles. The molecule has 2 atom stereocenters. The van der Waals surface area contributed by atoms with Crippen molar-refractivity contribution in [2.45, 2.75) is 12.0 Å². The molecule has 4 rings (SSSR count). The summed E-state index contributed by atoms with van der Waals surface area (Å²) < 4.78 is 0. The van der Waals surface area contributed by atoms with E-state index in [1.807, 2.05) is 91.0 Å². The van der Waals surface area contributed by atoms with Gasteiger partial charge in [-0.25, -0.2) is 9.80 Å². The van der Waals surface area contributed by atoms with E-state index in [0.717, 1.165) is 11.1 Å². The van der Waals surface area contributed by atoms with Crippen molar-refractivity contribution in [1.29, 1.82) is 0 Å². The molecule has 0 bridgehead atoms. The molecule has 5 nitrogen and oxygen atoms in total. The zero-order valence-electron chi connectivity index (χ0n) is 14.6. The van der Waals surface area contributed by atoms with E-state index >= 15 is 0 Å². The number of nitrogens with one attached hydrogen (secondary N) is 2. The van der Waals surface area contributed by atoms with Gasteiger partial charge in [0.05, 0.1) is 12.0 Å². The number of para-hydroxylation sites is 1. The lowest BCUT2D eigenvalue weighted by Crippen LogP contribution is -2.42. The SMILES string of the molecule is O=C1NN(C(=O)Nc2ccccc2)[C@@H](c2ccccc2)[C@@H]1c1ccccc1. The van der Waals surface area contributed by atoms with Gasteiger partial charge >= 0.3 is 6.03 Å². The third-order valence-electron chi connectivity index (χ3n) is 4.65. The van der Waals surface area contributed by atoms with Crippen molar-refractivity contribution < 1.29 is 9.59 Å². The topological polar surface area (TPSA) is 61.4 Å². The second-order valence-corrected chi connectivity index (χ2v) is 6.39. The van der Waals surface area contributed by atoms with E-state index < -0.39 is 12.0 Å². The number of carbonyl (C=O) groups excluding carboxylic acids is 2. The van der Waals surface area contributed by atoms with Gasteiger partial charge in [-0.15, -0.1) is 0 Å². The fourth-order valence-electron chi connectivity index (χ4n) is 3.42. The molecule has 1 aliphatic rings. The van der Waals surface area contributed by atoms with Crippen LogP contribution in [0.5, 0.6) is 0 Å². The maximum absolute atomic E-state index is 12.9. The monoisotopic (exact) mass is 357 g/mol. The number of carbonyl (C=O) groups is 2. The Morgan fingerprint density at radius 2 is 1.30 bits per heavy atom. The van der Waals surface area contributed by atoms with E-state index in [9.17, 15) is 9.59 Å². The van der Waals surface area contributed by atoms with Gasteiger partial charge < -0.3 is 5.32 Å². The zero-order valence-corrected chi connectivity index (χ0v) is 14.6. The molecule has 1 saturated heterocycles. The minimum atomic E-state index is -0.477. The predicted octanol–water partition coefficient (Wildman–Crippen LogP) is 4.09. The van der Waals surface area contributed by atoms with Gasteiger partial charge in [-0.3, -0.25) is 10.2 Å². The highest BCUT2D eigenvalue weighted by atomic mass is 16.2. The molecule has 1 fully saturated rings. The summed E-state index contributed by atoms with van der Waals surface area (Å²) in [4.78, 5) is 25.7. The van der Waals surface area contributed by atoms with E-state index in [1.165, 1.54) is 5.01 Å². The number of urea groups is 1. The number of hydrogen-bond acceptors (Lipinski definition) is 2. The molecular weight excluding hydrogens is 338 g/mol. The molecule has 3 aromatic carbocycles. The lowest BCUT2D eigenvalue weighted by atomic mass is 9.87. The second kappa shape index (κ2) is 7.33. The highest BCUT2D eigenvalue weighted by Gasteiger charge is 2.45. The van der Waals surface area contributed by atoms with Crippen molar-refractivity contribution in [2.75, 3.05) is 5.32 Å². The van der Waals surface area contributed by atoms with Crippen LogP contribution < -0.4 is 10.7 Å². The minimum absolute atomic E-state index is 0.196. The third-order valence-corrected chi connectivity index (χ3v) is 4.65. The van der Waals surface area contributed by atoms with Crippen molar-refractivity contribution in [1.82, 2.24) is 10.4 Å². The average molecular weight is 357 g/mol. The molecule has 1 aliphatic heterocycles. The summed E-state index contributed by atoms with van der Waals surface area (Å²) in [5, 5.41) is 4.24. The molecule has 5 heteroatoms. The van der Waals surface area contributed by atoms with Crippen LogP contribution in [0.3, 0.4) is 0 Å². The Hall–Kier alpha value is -3.60. The highest BCUT2D eigenvalue weighted by molar-refractivity contribution is 5.96. The first kappa shape index (κ1) is 16.8. The van der Waals surface area contributed by atoms with Gasteiger partial charge in [-0.05, 0) is 23.3 Å². The van der Waals surface area contributed by atoms with Crippen LogP contribution in [0.4, 0.5) is 10.5 Å². The molecule has 3 aromatic rings. The van der Waals surface area contributed by atoms with Crippen LogP contribution in [0.25, 0.3) is 0 Å². The van der Waals surface area contributed by atoms with Crippen molar-refractivity contribution in [3.63, 3.8) is 0 Å². The van der Waals surface area contributed by atoms with Crippen LogP contribution in [0.15, 0.2) is 91.0 Å². The van der Waals surface area contributed by atoms with Crippen LogP contribution in [-0.4, -0.2) is 16.9 Å². The smallest absolute Gasteiger partial charge is 0.306 e. The molecule has 3 amide bonds. The van der Waals surface area contributed by atoms with Gasteiger partial charge in [0.15, 0.2) is 0 Å². The Balaban J connectivity index is 1.70. The van der Waals surface area contributed by atoms with Gasteiger partial charge in [0.25, 0.3) is 0 Å². The fraction of sp³-hybridized carbons (Fsp3) is 0.0909. The lowest BCUT2D eigenvalue weighted by Gasteiger charge is -2.26. The number of nitrogens with zero attached hydrogens (tertiary/aromatic N) is 1. The molecule has 0 spiro atoms. The Bertz CT molecular complexity index is 930. The first-order valence-electron chi connectivity index (χ1n) is 8.80. The Morgan fingerprint density at radius 3 is 1.89 bits per heavy atom. The van der Waals surface area contributed by atoms with Crippen molar-refractivity contribution in [3.8, 4) is 0 Å². The Kier molecular flexibility index (Phi) is 4.58. The van der Waals surface area contributed by atoms with Gasteiger partial charge in [0.2, 0.25) is 5.91 Å². The van der Waals surface area contributed by atoms with Crippen molar-refractivity contribution in [3.05, 3.63) is 102 Å². The number of rotatable bonds is 3. The van der Waals surface area contributed by atoms with E-state index in [4.69, 9.17) is 0 Å². The molecule has 27 heavy (non-hydrogen) atoms. The first-order chi connectivity index (χ1) is 13.2. The molecule has 0 radical (unpaired) electrons. The number of hydrogen-bond donors (Lipinski definition) is 2. The maximum Gasteiger partial charge on any atom is 0.341 e. The van der Waals surface area contributed by atoms with E-state index in [-0.39, 0.29) is 11.9 Å². The summed E-state index contributed by atoms with van der Waals surface area (Å²) in [5.74, 6) is -0.673. The summed E-state index contributed by atoms with van der Waals surface area (Å²) in [5.41, 5.74) is 5.20. The Morgan fingerprint density at radius 1 is 0.778 bits per heavy atom. The number of benzene rings is 3. The third kappa shape index (κ3) is 3.40. The first-order valence-corrected chi connectivity index (χ1v) is 8.80. The minimum Gasteiger partial charge on any atom is -0.306 e. The fourth-order valence-corrected chi connectivity index (χ4v) is 3.42. The van der Waals surface area contributed by atoms with Crippen LogP contribution in [0.1, 0.15) is 23.1 Å². The zero-order chi connectivity index (χ0) is 18.6. The number of hydrazine groups is 1. The van der Waals surface area contributed by atoms with E-state index in [0.29, 0.717) is 5.69 Å². The molecule has 1 heterocycles. The molecular formula is C22H19N3O2. The summed E-state index contributed by atoms with van der Waals surface area (Å²) >= 11 is 0. The van der Waals surface area contributed by atoms with Crippen LogP contribution in [0.2, 0.25) is 0 Å². The maximum atomic E-state index is 12.9. The molecule has 134 valence electrons. The summed E-state index contributed by atoms with van der Waals surface area (Å²) in [7, 11) is 0. The number of anilines is 1. The van der Waals surface area contributed by atoms with Crippen LogP contribution in [-0.2, 0) is 4.79 Å². The molecule has 0 saturated carbocycles. The quantitative estimate of drug-likeness (QED) is 0.742. The summed E-state index contributed by atoms with van der Waals surface area (Å²) in [6.07, 6.45) is 0. The normalized spacial score (nSPS) is 18.8. The molecule has 0 unspecified atom stereocenters. The van der Waals surface area contributed by atoms with Gasteiger partial charge in [-0.1, -0.05) is 78.9 Å². The Labute approximate surface area is 157 Å². The average Bonchev–Trinajstić information content (AvgIpc) is 3.07.